The Kier molecular flexibility index (Phi) is 4.80. The normalized spacial score (nSPS) is 9.31. The standard InChI is InChI=1S/C11H11BrN2O2/c1-14(7-6-13)11(15)16-8-9-2-4-10(12)5-3-9/h2-5H,7-8H2,1H3. The van der Waals surface area contributed by atoms with E-state index in [9.17, 15) is 4.79 Å². The second kappa shape index (κ2) is 6.13. The Morgan fingerprint density at radius 2 is 2.12 bits per heavy atom. The quantitative estimate of drug-likeness (QED) is 0.801. The van der Waals surface area contributed by atoms with E-state index >= 15 is 0 Å². The number of hydrogen-bond donors (Lipinski definition) is 0. The first-order chi connectivity index (χ1) is 7.63. The lowest BCUT2D eigenvalue weighted by Gasteiger charge is -2.13. The van der Waals surface area contributed by atoms with E-state index in [2.05, 4.69) is 15.9 Å². The fourth-order valence-electron chi connectivity index (χ4n) is 1.01. The molecule has 0 radical (unpaired) electrons. The van der Waals surface area contributed by atoms with E-state index in [4.69, 9.17) is 10.00 Å². The molecule has 0 bridgehead atoms. The SMILES string of the molecule is CN(CC#N)C(=O)OCc1ccc(Br)cc1. The lowest BCUT2D eigenvalue weighted by Crippen LogP contribution is -2.27. The van der Waals surface area contributed by atoms with Gasteiger partial charge in [-0.3, -0.25) is 4.90 Å². The Balaban J connectivity index is 2.43. The number of hydrogen-bond acceptors (Lipinski definition) is 3. The number of ether oxygens (including phenoxy) is 1. The molecule has 0 aliphatic carbocycles. The maximum absolute atomic E-state index is 11.3. The minimum atomic E-state index is -0.496. The molecular weight excluding hydrogens is 272 g/mol. The van der Waals surface area contributed by atoms with Crippen molar-refractivity contribution < 1.29 is 9.53 Å². The van der Waals surface area contributed by atoms with Gasteiger partial charge in [0.25, 0.3) is 0 Å². The Hall–Kier alpha value is -1.54. The number of carbonyl (C=O) groups excluding carboxylic acids is 1. The number of nitrogens with zero attached hydrogens (tertiary/aromatic N) is 2. The van der Waals surface area contributed by atoms with E-state index in [1.807, 2.05) is 30.3 Å². The third kappa shape index (κ3) is 3.91. The lowest BCUT2D eigenvalue weighted by atomic mass is 10.2. The van der Waals surface area contributed by atoms with Crippen LogP contribution in [0.15, 0.2) is 28.7 Å². The molecule has 1 aromatic carbocycles. The van der Waals surface area contributed by atoms with Crippen LogP contribution in [0.1, 0.15) is 5.56 Å². The second-order valence-corrected chi connectivity index (χ2v) is 4.11. The van der Waals surface area contributed by atoms with E-state index in [1.54, 1.807) is 0 Å². The van der Waals surface area contributed by atoms with Gasteiger partial charge in [-0.1, -0.05) is 28.1 Å². The zero-order valence-corrected chi connectivity index (χ0v) is 10.4. The predicted octanol–water partition coefficient (Wildman–Crippen LogP) is 2.54. The Morgan fingerprint density at radius 1 is 1.50 bits per heavy atom. The maximum atomic E-state index is 11.3. The summed E-state index contributed by atoms with van der Waals surface area (Å²) in [6, 6.07) is 9.35. The molecule has 0 saturated heterocycles. The summed E-state index contributed by atoms with van der Waals surface area (Å²) in [5, 5.41) is 8.40. The van der Waals surface area contributed by atoms with Crippen molar-refractivity contribution in [3.05, 3.63) is 34.3 Å². The first-order valence-corrected chi connectivity index (χ1v) is 5.42. The Labute approximate surface area is 103 Å². The molecule has 0 fully saturated rings. The van der Waals surface area contributed by atoms with E-state index in [0.29, 0.717) is 0 Å². The van der Waals surface area contributed by atoms with E-state index in [1.165, 1.54) is 11.9 Å². The molecule has 0 unspecified atom stereocenters. The van der Waals surface area contributed by atoms with Crippen molar-refractivity contribution in [2.75, 3.05) is 13.6 Å². The van der Waals surface area contributed by atoms with Crippen molar-refractivity contribution in [1.82, 2.24) is 4.90 Å². The largest absolute Gasteiger partial charge is 0.445 e. The fourth-order valence-corrected chi connectivity index (χ4v) is 1.27. The monoisotopic (exact) mass is 282 g/mol. The average Bonchev–Trinajstić information content (AvgIpc) is 2.28. The molecule has 0 heterocycles. The summed E-state index contributed by atoms with van der Waals surface area (Å²) in [5.74, 6) is 0. The maximum Gasteiger partial charge on any atom is 0.410 e. The van der Waals surface area contributed by atoms with Crippen molar-refractivity contribution in [1.29, 1.82) is 5.26 Å². The molecule has 0 atom stereocenters. The highest BCUT2D eigenvalue weighted by molar-refractivity contribution is 9.10. The molecule has 5 heteroatoms. The van der Waals surface area contributed by atoms with Crippen LogP contribution in [0.25, 0.3) is 0 Å². The molecule has 1 amide bonds. The zero-order valence-electron chi connectivity index (χ0n) is 8.81. The molecule has 0 N–H and O–H groups in total. The Morgan fingerprint density at radius 3 is 2.69 bits per heavy atom. The van der Waals surface area contributed by atoms with Crippen LogP contribution < -0.4 is 0 Å². The van der Waals surface area contributed by atoms with Crippen molar-refractivity contribution in [2.45, 2.75) is 6.61 Å². The van der Waals surface area contributed by atoms with Crippen LogP contribution in [-0.4, -0.2) is 24.6 Å². The van der Waals surface area contributed by atoms with Crippen LogP contribution in [0, 0.1) is 11.3 Å². The summed E-state index contributed by atoms with van der Waals surface area (Å²) in [5.41, 5.74) is 0.905. The summed E-state index contributed by atoms with van der Waals surface area (Å²) in [6.45, 7) is 0.237. The topological polar surface area (TPSA) is 53.3 Å². The van der Waals surface area contributed by atoms with Crippen molar-refractivity contribution in [2.24, 2.45) is 0 Å². The van der Waals surface area contributed by atoms with Crippen molar-refractivity contribution >= 4 is 22.0 Å². The summed E-state index contributed by atoms with van der Waals surface area (Å²) in [6.07, 6.45) is -0.496. The minimum absolute atomic E-state index is 0.0270. The van der Waals surface area contributed by atoms with Gasteiger partial charge in [-0.15, -0.1) is 0 Å². The number of amides is 1. The predicted molar refractivity (Wildman–Crippen MR) is 62.6 cm³/mol. The van der Waals surface area contributed by atoms with Gasteiger partial charge in [0.1, 0.15) is 13.2 Å². The molecule has 0 aliphatic heterocycles. The first kappa shape index (κ1) is 12.5. The first-order valence-electron chi connectivity index (χ1n) is 4.63. The number of halogens is 1. The van der Waals surface area contributed by atoms with Gasteiger partial charge in [0, 0.05) is 11.5 Å². The third-order valence-corrected chi connectivity index (χ3v) is 2.42. The van der Waals surface area contributed by atoms with Crippen LogP contribution in [0.3, 0.4) is 0 Å². The van der Waals surface area contributed by atoms with Gasteiger partial charge in [-0.25, -0.2) is 4.79 Å². The zero-order chi connectivity index (χ0) is 12.0. The van der Waals surface area contributed by atoms with Crippen LogP contribution in [0.2, 0.25) is 0 Å². The highest BCUT2D eigenvalue weighted by atomic mass is 79.9. The highest BCUT2D eigenvalue weighted by Gasteiger charge is 2.08. The van der Waals surface area contributed by atoms with Crippen LogP contribution in [0.5, 0.6) is 0 Å². The highest BCUT2D eigenvalue weighted by Crippen LogP contribution is 2.11. The van der Waals surface area contributed by atoms with Crippen molar-refractivity contribution in [3.8, 4) is 6.07 Å². The van der Waals surface area contributed by atoms with Gasteiger partial charge >= 0.3 is 6.09 Å². The number of carbonyl (C=O) groups is 1. The third-order valence-electron chi connectivity index (χ3n) is 1.90. The van der Waals surface area contributed by atoms with Crippen LogP contribution in [-0.2, 0) is 11.3 Å². The minimum Gasteiger partial charge on any atom is -0.445 e. The molecule has 16 heavy (non-hydrogen) atoms. The molecule has 84 valence electrons. The van der Waals surface area contributed by atoms with Gasteiger partial charge < -0.3 is 4.74 Å². The van der Waals surface area contributed by atoms with Gasteiger partial charge in [0.05, 0.1) is 6.07 Å². The second-order valence-electron chi connectivity index (χ2n) is 3.20. The van der Waals surface area contributed by atoms with E-state index in [-0.39, 0.29) is 13.2 Å². The molecule has 0 spiro atoms. The molecule has 0 saturated carbocycles. The number of nitriles is 1. The average molecular weight is 283 g/mol. The summed E-state index contributed by atoms with van der Waals surface area (Å²) < 4.78 is 5.98. The Bertz CT molecular complexity index is 397. The fraction of sp³-hybridized carbons (Fsp3) is 0.273. The van der Waals surface area contributed by atoms with Crippen molar-refractivity contribution in [3.63, 3.8) is 0 Å². The smallest absolute Gasteiger partial charge is 0.410 e. The van der Waals surface area contributed by atoms with Crippen LogP contribution in [0.4, 0.5) is 4.79 Å². The van der Waals surface area contributed by atoms with E-state index < -0.39 is 6.09 Å². The van der Waals surface area contributed by atoms with Gasteiger partial charge in [-0.2, -0.15) is 5.26 Å². The van der Waals surface area contributed by atoms with Gasteiger partial charge in [-0.05, 0) is 17.7 Å². The molecular formula is C11H11BrN2O2. The van der Waals surface area contributed by atoms with Gasteiger partial charge in [0.15, 0.2) is 0 Å². The molecule has 0 aromatic heterocycles. The molecule has 0 aliphatic rings. The summed E-state index contributed by atoms with van der Waals surface area (Å²) in [4.78, 5) is 12.5. The van der Waals surface area contributed by atoms with Crippen LogP contribution >= 0.6 is 15.9 Å². The van der Waals surface area contributed by atoms with E-state index in [0.717, 1.165) is 10.0 Å². The molecule has 4 nitrogen and oxygen atoms in total. The molecule has 1 aromatic rings. The number of benzene rings is 1. The molecule has 1 rings (SSSR count). The number of rotatable bonds is 3. The lowest BCUT2D eigenvalue weighted by molar-refractivity contribution is 0.108. The van der Waals surface area contributed by atoms with Gasteiger partial charge in [0.2, 0.25) is 0 Å². The summed E-state index contributed by atoms with van der Waals surface area (Å²) >= 11 is 3.32. The summed E-state index contributed by atoms with van der Waals surface area (Å²) in [7, 11) is 1.52.